The fraction of sp³-hybridized carbons (Fsp3) is 0.609. The molecule has 2 heterocycles. The molecule has 2 aliphatic heterocycles. The largest absolute Gasteiger partial charge is 0.392 e. The smallest absolute Gasteiger partial charge is 0.222 e. The maximum Gasteiger partial charge on any atom is 0.222 e. The molecule has 28 heavy (non-hydrogen) atoms. The maximum absolute atomic E-state index is 14.1. The van der Waals surface area contributed by atoms with Crippen molar-refractivity contribution in [1.82, 2.24) is 9.80 Å². The number of aliphatic hydroxyl groups is 1. The van der Waals surface area contributed by atoms with E-state index in [1.807, 2.05) is 30.0 Å². The minimum Gasteiger partial charge on any atom is -0.392 e. The zero-order valence-corrected chi connectivity index (χ0v) is 16.9. The summed E-state index contributed by atoms with van der Waals surface area (Å²) in [5, 5.41) is 10.8. The van der Waals surface area contributed by atoms with Crippen LogP contribution in [0, 0.1) is 11.2 Å². The van der Waals surface area contributed by atoms with Crippen LogP contribution in [0.2, 0.25) is 0 Å². The van der Waals surface area contributed by atoms with Crippen LogP contribution in [-0.2, 0) is 11.3 Å². The quantitative estimate of drug-likeness (QED) is 0.596. The number of allylic oxidation sites excluding steroid dienone is 2. The monoisotopic (exact) mass is 388 g/mol. The van der Waals surface area contributed by atoms with Gasteiger partial charge in [0.2, 0.25) is 5.91 Å². The van der Waals surface area contributed by atoms with Gasteiger partial charge < -0.3 is 10.0 Å². The van der Waals surface area contributed by atoms with Gasteiger partial charge in [0.1, 0.15) is 5.82 Å². The first-order valence-corrected chi connectivity index (χ1v) is 10.6. The number of carbonyl (C=O) groups excluding carboxylic acids is 1. The molecule has 2 atom stereocenters. The minimum atomic E-state index is -0.400. The average molecular weight is 389 g/mol. The summed E-state index contributed by atoms with van der Waals surface area (Å²) in [6.45, 7) is 5.42. The summed E-state index contributed by atoms with van der Waals surface area (Å²) in [5.74, 6) is 0.0197. The topological polar surface area (TPSA) is 43.8 Å². The third-order valence-electron chi connectivity index (χ3n) is 6.27. The number of benzene rings is 1. The normalized spacial score (nSPS) is 26.2. The Morgan fingerprint density at radius 3 is 2.93 bits per heavy atom. The van der Waals surface area contributed by atoms with Gasteiger partial charge in [0, 0.05) is 50.1 Å². The number of hydrogen-bond acceptors (Lipinski definition) is 3. The molecule has 3 rings (SSSR count). The van der Waals surface area contributed by atoms with E-state index < -0.39 is 6.10 Å². The molecule has 0 aliphatic carbocycles. The fourth-order valence-corrected chi connectivity index (χ4v) is 4.71. The first-order valence-electron chi connectivity index (χ1n) is 10.6. The van der Waals surface area contributed by atoms with E-state index >= 15 is 0 Å². The number of carbonyl (C=O) groups is 1. The third-order valence-corrected chi connectivity index (χ3v) is 6.27. The molecule has 154 valence electrons. The van der Waals surface area contributed by atoms with E-state index in [9.17, 15) is 14.3 Å². The molecule has 0 saturated carbocycles. The van der Waals surface area contributed by atoms with Crippen LogP contribution in [0.15, 0.2) is 36.4 Å². The van der Waals surface area contributed by atoms with Crippen molar-refractivity contribution in [3.63, 3.8) is 0 Å². The molecule has 0 radical (unpaired) electrons. The van der Waals surface area contributed by atoms with Gasteiger partial charge in [0.05, 0.1) is 6.10 Å². The highest BCUT2D eigenvalue weighted by Gasteiger charge is 2.46. The number of rotatable bonds is 6. The number of piperidine rings is 2. The second kappa shape index (κ2) is 9.66. The number of amides is 1. The van der Waals surface area contributed by atoms with Gasteiger partial charge in [0.15, 0.2) is 0 Å². The van der Waals surface area contributed by atoms with Crippen molar-refractivity contribution in [3.05, 3.63) is 47.8 Å². The van der Waals surface area contributed by atoms with Crippen LogP contribution in [0.5, 0.6) is 0 Å². The van der Waals surface area contributed by atoms with Gasteiger partial charge in [-0.3, -0.25) is 9.69 Å². The lowest BCUT2D eigenvalue weighted by Gasteiger charge is -2.51. The summed E-state index contributed by atoms with van der Waals surface area (Å²) in [5.41, 5.74) is 0.405. The highest BCUT2D eigenvalue weighted by atomic mass is 19.1. The second-order valence-corrected chi connectivity index (χ2v) is 8.35. The van der Waals surface area contributed by atoms with E-state index in [0.717, 1.165) is 38.8 Å². The molecule has 1 N–H and O–H groups in total. The fourth-order valence-electron chi connectivity index (χ4n) is 4.71. The first kappa shape index (κ1) is 21.0. The molecule has 1 aromatic carbocycles. The van der Waals surface area contributed by atoms with Gasteiger partial charge in [-0.1, -0.05) is 30.4 Å². The summed E-state index contributed by atoms with van der Waals surface area (Å²) in [4.78, 5) is 16.9. The van der Waals surface area contributed by atoms with Gasteiger partial charge >= 0.3 is 0 Å². The molecule has 1 aromatic rings. The van der Waals surface area contributed by atoms with E-state index in [0.29, 0.717) is 38.0 Å². The van der Waals surface area contributed by atoms with Gasteiger partial charge in [-0.05, 0) is 45.1 Å². The highest BCUT2D eigenvalue weighted by Crippen LogP contribution is 2.39. The maximum atomic E-state index is 14.1. The van der Waals surface area contributed by atoms with Gasteiger partial charge in [-0.2, -0.15) is 0 Å². The van der Waals surface area contributed by atoms with E-state index in [1.54, 1.807) is 6.07 Å². The second-order valence-electron chi connectivity index (χ2n) is 8.35. The molecular formula is C23H33FN2O2. The molecule has 0 bridgehead atoms. The van der Waals surface area contributed by atoms with E-state index in [4.69, 9.17) is 0 Å². The van der Waals surface area contributed by atoms with Crippen molar-refractivity contribution in [3.8, 4) is 0 Å². The van der Waals surface area contributed by atoms with E-state index in [-0.39, 0.29) is 17.1 Å². The number of halogens is 1. The number of aliphatic hydroxyl groups excluding tert-OH is 1. The van der Waals surface area contributed by atoms with Crippen molar-refractivity contribution in [1.29, 1.82) is 0 Å². The number of hydrogen-bond donors (Lipinski definition) is 1. The van der Waals surface area contributed by atoms with Crippen molar-refractivity contribution in [2.45, 2.75) is 58.1 Å². The van der Waals surface area contributed by atoms with Crippen molar-refractivity contribution < 1.29 is 14.3 Å². The third kappa shape index (κ3) is 5.00. The first-order chi connectivity index (χ1) is 13.5. The van der Waals surface area contributed by atoms with Crippen molar-refractivity contribution >= 4 is 5.91 Å². The lowest BCUT2D eigenvalue weighted by molar-refractivity contribution is -0.141. The SMILES string of the molecule is C/C=C/CCCC(=O)N1CCC[C@@]2(CN(Cc3ccccc3F)CC[C@H]2O)C1. The van der Waals surface area contributed by atoms with Crippen LogP contribution in [0.1, 0.15) is 51.0 Å². The van der Waals surface area contributed by atoms with E-state index in [2.05, 4.69) is 11.0 Å². The van der Waals surface area contributed by atoms with Crippen molar-refractivity contribution in [2.75, 3.05) is 26.2 Å². The number of likely N-dealkylation sites (tertiary alicyclic amines) is 2. The Labute approximate surface area is 168 Å². The summed E-state index contributed by atoms with van der Waals surface area (Å²) >= 11 is 0. The van der Waals surface area contributed by atoms with Crippen molar-refractivity contribution in [2.24, 2.45) is 5.41 Å². The van der Waals surface area contributed by atoms with Crippen LogP contribution in [0.3, 0.4) is 0 Å². The molecule has 2 saturated heterocycles. The Kier molecular flexibility index (Phi) is 7.24. The molecule has 0 unspecified atom stereocenters. The molecule has 1 spiro atoms. The van der Waals surface area contributed by atoms with Gasteiger partial charge in [0.25, 0.3) is 0 Å². The summed E-state index contributed by atoms with van der Waals surface area (Å²) in [6, 6.07) is 6.90. The predicted molar refractivity (Wildman–Crippen MR) is 109 cm³/mol. The van der Waals surface area contributed by atoms with Crippen LogP contribution in [-0.4, -0.2) is 53.1 Å². The molecule has 2 aliphatic rings. The van der Waals surface area contributed by atoms with Crippen LogP contribution < -0.4 is 0 Å². The van der Waals surface area contributed by atoms with Crippen LogP contribution in [0.25, 0.3) is 0 Å². The Morgan fingerprint density at radius 1 is 1.32 bits per heavy atom. The molecule has 1 amide bonds. The Hall–Kier alpha value is -1.72. The van der Waals surface area contributed by atoms with Gasteiger partial charge in [-0.25, -0.2) is 4.39 Å². The standard InChI is InChI=1S/C23H33FN2O2/c1-2-3-4-5-11-22(28)26-14-8-13-23(18-26)17-25(15-12-21(23)27)16-19-9-6-7-10-20(19)24/h2-3,6-7,9-10,21,27H,4-5,8,11-18H2,1H3/b3-2+/t21-,23-/m1/s1. The summed E-state index contributed by atoms with van der Waals surface area (Å²) < 4.78 is 14.1. The Morgan fingerprint density at radius 2 is 2.14 bits per heavy atom. The molecule has 0 aromatic heterocycles. The van der Waals surface area contributed by atoms with E-state index in [1.165, 1.54) is 6.07 Å². The van der Waals surface area contributed by atoms with Crippen LogP contribution in [0.4, 0.5) is 4.39 Å². The van der Waals surface area contributed by atoms with Crippen LogP contribution >= 0.6 is 0 Å². The lowest BCUT2D eigenvalue weighted by Crippen LogP contribution is -2.59. The Bertz CT molecular complexity index is 693. The molecule has 5 heteroatoms. The highest BCUT2D eigenvalue weighted by molar-refractivity contribution is 5.76. The minimum absolute atomic E-state index is 0.177. The summed E-state index contributed by atoms with van der Waals surface area (Å²) in [6.07, 6.45) is 8.60. The molecular weight excluding hydrogens is 355 g/mol. The molecule has 4 nitrogen and oxygen atoms in total. The predicted octanol–water partition coefficient (Wildman–Crippen LogP) is 3.75. The zero-order chi connectivity index (χ0) is 20.0. The lowest BCUT2D eigenvalue weighted by atomic mass is 9.71. The Balaban J connectivity index is 1.63. The summed E-state index contributed by atoms with van der Waals surface area (Å²) in [7, 11) is 0. The molecule has 2 fully saturated rings. The zero-order valence-electron chi connectivity index (χ0n) is 16.9. The van der Waals surface area contributed by atoms with Gasteiger partial charge in [-0.15, -0.1) is 0 Å². The number of nitrogens with zero attached hydrogens (tertiary/aromatic N) is 2. The average Bonchev–Trinajstić information content (AvgIpc) is 2.70. The number of unbranched alkanes of at least 4 members (excludes halogenated alkanes) is 1.